The van der Waals surface area contributed by atoms with Gasteiger partial charge in [-0.25, -0.2) is 8.42 Å². The Morgan fingerprint density at radius 1 is 1.42 bits per heavy atom. The van der Waals surface area contributed by atoms with Gasteiger partial charge in [0.2, 0.25) is 0 Å². The minimum atomic E-state index is -3.42. The van der Waals surface area contributed by atoms with Crippen LogP contribution in [0.3, 0.4) is 0 Å². The fourth-order valence-electron chi connectivity index (χ4n) is 1.94. The zero-order valence-electron chi connectivity index (χ0n) is 11.0. The van der Waals surface area contributed by atoms with E-state index in [1.807, 2.05) is 14.0 Å². The van der Waals surface area contributed by atoms with Crippen LogP contribution in [0.2, 0.25) is 0 Å². The first-order chi connectivity index (χ1) is 8.95. The molecule has 0 bridgehead atoms. The van der Waals surface area contributed by atoms with E-state index in [1.165, 1.54) is 15.6 Å². The number of hydrogen-bond acceptors (Lipinski definition) is 5. The molecule has 1 fully saturated rings. The second kappa shape index (κ2) is 6.01. The van der Waals surface area contributed by atoms with Crippen LogP contribution in [0, 0.1) is 6.92 Å². The smallest absolute Gasteiger partial charge is 0.252 e. The summed E-state index contributed by atoms with van der Waals surface area (Å²) in [6.07, 6.45) is 0. The maximum Gasteiger partial charge on any atom is 0.252 e. The Hall–Kier alpha value is -0.280. The zero-order valence-corrected chi connectivity index (χ0v) is 13.5. The van der Waals surface area contributed by atoms with Gasteiger partial charge in [0.15, 0.2) is 0 Å². The maximum atomic E-state index is 12.5. The predicted molar refractivity (Wildman–Crippen MR) is 78.5 cm³/mol. The molecule has 1 aromatic heterocycles. The maximum absolute atomic E-state index is 12.5. The monoisotopic (exact) mass is 322 g/mol. The summed E-state index contributed by atoms with van der Waals surface area (Å²) in [5.41, 5.74) is 0.999. The summed E-state index contributed by atoms with van der Waals surface area (Å²) in [5.74, 6) is 0.875. The van der Waals surface area contributed by atoms with Gasteiger partial charge in [-0.05, 0) is 25.6 Å². The first-order valence-corrected chi connectivity index (χ1v) is 9.78. The highest BCUT2D eigenvalue weighted by molar-refractivity contribution is 7.91. The minimum Gasteiger partial charge on any atom is -0.315 e. The van der Waals surface area contributed by atoms with Gasteiger partial charge in [-0.1, -0.05) is 0 Å². The van der Waals surface area contributed by atoms with Gasteiger partial charge in [-0.15, -0.1) is 11.3 Å². The molecular formula is C11H18N2O3S3. The fraction of sp³-hybridized carbons (Fsp3) is 0.636. The van der Waals surface area contributed by atoms with E-state index in [0.717, 1.165) is 10.4 Å². The average Bonchev–Trinajstić information content (AvgIpc) is 2.73. The molecule has 0 radical (unpaired) electrons. The van der Waals surface area contributed by atoms with Crippen LogP contribution < -0.4 is 5.32 Å². The third-order valence-electron chi connectivity index (χ3n) is 3.07. The molecule has 1 saturated heterocycles. The molecule has 108 valence electrons. The average molecular weight is 322 g/mol. The third-order valence-corrected chi connectivity index (χ3v) is 7.93. The molecule has 1 aliphatic rings. The van der Waals surface area contributed by atoms with Crippen LogP contribution in [0.1, 0.15) is 10.4 Å². The summed E-state index contributed by atoms with van der Waals surface area (Å²) in [5, 5.41) is 3.04. The van der Waals surface area contributed by atoms with Crippen molar-refractivity contribution in [3.8, 4) is 0 Å². The van der Waals surface area contributed by atoms with Crippen molar-refractivity contribution in [1.29, 1.82) is 0 Å². The van der Waals surface area contributed by atoms with E-state index in [1.54, 1.807) is 6.07 Å². The Labute approximate surface area is 120 Å². The molecule has 0 atom stereocenters. The number of hydrogen-bond donors (Lipinski definition) is 1. The predicted octanol–water partition coefficient (Wildman–Crippen LogP) is 0.529. The number of sulfonamides is 1. The Morgan fingerprint density at radius 2 is 2.05 bits per heavy atom. The Morgan fingerprint density at radius 3 is 2.63 bits per heavy atom. The molecule has 5 nitrogen and oxygen atoms in total. The van der Waals surface area contributed by atoms with E-state index in [-0.39, 0.29) is 0 Å². The summed E-state index contributed by atoms with van der Waals surface area (Å²) in [4.78, 5) is 1.04. The van der Waals surface area contributed by atoms with Crippen LogP contribution in [0.25, 0.3) is 0 Å². The summed E-state index contributed by atoms with van der Waals surface area (Å²) in [7, 11) is -2.44. The van der Waals surface area contributed by atoms with Gasteiger partial charge in [0.1, 0.15) is 4.21 Å². The number of thiophene rings is 1. The fourth-order valence-corrected chi connectivity index (χ4v) is 6.42. The van der Waals surface area contributed by atoms with Gasteiger partial charge in [-0.2, -0.15) is 4.31 Å². The van der Waals surface area contributed by atoms with Gasteiger partial charge in [0.05, 0.1) is 0 Å². The van der Waals surface area contributed by atoms with Crippen LogP contribution in [-0.2, 0) is 27.4 Å². The molecule has 19 heavy (non-hydrogen) atoms. The van der Waals surface area contributed by atoms with Crippen molar-refractivity contribution in [3.05, 3.63) is 16.5 Å². The van der Waals surface area contributed by atoms with Gasteiger partial charge in [0, 0.05) is 46.8 Å². The van der Waals surface area contributed by atoms with Crippen LogP contribution in [-0.4, -0.2) is 48.6 Å². The molecule has 0 aliphatic carbocycles. The first-order valence-electron chi connectivity index (χ1n) is 6.04. The molecule has 0 spiro atoms. The molecule has 8 heteroatoms. The quantitative estimate of drug-likeness (QED) is 0.878. The normalized spacial score (nSPS) is 18.8. The first kappa shape index (κ1) is 15.1. The molecule has 0 saturated carbocycles. The van der Waals surface area contributed by atoms with Crippen LogP contribution in [0.5, 0.6) is 0 Å². The highest BCUT2D eigenvalue weighted by Crippen LogP contribution is 2.28. The molecule has 2 heterocycles. The number of rotatable bonds is 4. The molecule has 1 aliphatic heterocycles. The molecule has 1 N–H and O–H groups in total. The van der Waals surface area contributed by atoms with E-state index in [2.05, 4.69) is 5.32 Å². The van der Waals surface area contributed by atoms with Gasteiger partial charge < -0.3 is 5.32 Å². The standard InChI is InChI=1S/C11H18N2O3S3/c1-9-7-11(17-10(9)8-12-2)19(15,16)13-3-5-18(14)6-4-13/h7,12H,3-6,8H2,1-2H3. The van der Waals surface area contributed by atoms with Crippen molar-refractivity contribution in [2.24, 2.45) is 0 Å². The summed E-state index contributed by atoms with van der Waals surface area (Å²) >= 11 is 1.32. The van der Waals surface area contributed by atoms with E-state index in [9.17, 15) is 12.6 Å². The van der Waals surface area contributed by atoms with E-state index < -0.39 is 20.8 Å². The number of nitrogens with zero attached hydrogens (tertiary/aromatic N) is 1. The van der Waals surface area contributed by atoms with Crippen molar-refractivity contribution in [2.45, 2.75) is 17.7 Å². The van der Waals surface area contributed by atoms with Crippen molar-refractivity contribution in [2.75, 3.05) is 31.6 Å². The molecule has 0 amide bonds. The highest BCUT2D eigenvalue weighted by atomic mass is 32.2. The Balaban J connectivity index is 2.24. The largest absolute Gasteiger partial charge is 0.315 e. The van der Waals surface area contributed by atoms with Crippen LogP contribution >= 0.6 is 11.3 Å². The summed E-state index contributed by atoms with van der Waals surface area (Å²) < 4.78 is 38.1. The highest BCUT2D eigenvalue weighted by Gasteiger charge is 2.29. The Bertz CT molecular complexity index is 570. The topological polar surface area (TPSA) is 66.5 Å². The molecule has 2 rings (SSSR count). The zero-order chi connectivity index (χ0) is 14.0. The lowest BCUT2D eigenvalue weighted by molar-refractivity contribution is 0.440. The molecule has 0 unspecified atom stereocenters. The lowest BCUT2D eigenvalue weighted by Crippen LogP contribution is -2.41. The summed E-state index contributed by atoms with van der Waals surface area (Å²) in [6.45, 7) is 3.31. The number of nitrogens with one attached hydrogen (secondary N) is 1. The van der Waals surface area contributed by atoms with Crippen molar-refractivity contribution in [3.63, 3.8) is 0 Å². The van der Waals surface area contributed by atoms with Gasteiger partial charge in [-0.3, -0.25) is 4.21 Å². The second-order valence-corrected chi connectivity index (χ2v) is 9.45. The van der Waals surface area contributed by atoms with E-state index in [4.69, 9.17) is 0 Å². The van der Waals surface area contributed by atoms with E-state index >= 15 is 0 Å². The van der Waals surface area contributed by atoms with Gasteiger partial charge in [0.25, 0.3) is 10.0 Å². The van der Waals surface area contributed by atoms with Crippen molar-refractivity contribution in [1.82, 2.24) is 9.62 Å². The van der Waals surface area contributed by atoms with Crippen LogP contribution in [0.4, 0.5) is 0 Å². The lowest BCUT2D eigenvalue weighted by Gasteiger charge is -2.24. The number of aryl methyl sites for hydroxylation is 1. The SMILES string of the molecule is CNCc1sc(S(=O)(=O)N2CCS(=O)CC2)cc1C. The van der Waals surface area contributed by atoms with Crippen LogP contribution in [0.15, 0.2) is 10.3 Å². The van der Waals surface area contributed by atoms with Crippen molar-refractivity contribution >= 4 is 32.2 Å². The van der Waals surface area contributed by atoms with Gasteiger partial charge >= 0.3 is 0 Å². The molecular weight excluding hydrogens is 304 g/mol. The van der Waals surface area contributed by atoms with Crippen molar-refractivity contribution < 1.29 is 12.6 Å². The molecule has 0 aromatic carbocycles. The Kier molecular flexibility index (Phi) is 4.78. The summed E-state index contributed by atoms with van der Waals surface area (Å²) in [6, 6.07) is 1.73. The minimum absolute atomic E-state index is 0.354. The van der Waals surface area contributed by atoms with E-state index in [0.29, 0.717) is 35.3 Å². The second-order valence-electron chi connectivity index (χ2n) is 4.45. The third kappa shape index (κ3) is 3.25. The lowest BCUT2D eigenvalue weighted by atomic mass is 10.3. The molecule has 1 aromatic rings.